The molecule has 2 aromatic rings. The standard InChI is InChI=1S/C12H14O3/c1-2-8-3-4-11-9(5-8)10(6-13)12(7-14)15-11/h3-5,13-14H,2,6-7H2,1H3. The lowest BCUT2D eigenvalue weighted by molar-refractivity contribution is 0.236. The van der Waals surface area contributed by atoms with Crippen molar-refractivity contribution < 1.29 is 14.6 Å². The van der Waals surface area contributed by atoms with E-state index >= 15 is 0 Å². The molecule has 1 aromatic carbocycles. The van der Waals surface area contributed by atoms with Crippen LogP contribution in [0.1, 0.15) is 23.8 Å². The summed E-state index contributed by atoms with van der Waals surface area (Å²) in [6.07, 6.45) is 0.945. The van der Waals surface area contributed by atoms with Gasteiger partial charge in [-0.2, -0.15) is 0 Å². The van der Waals surface area contributed by atoms with Crippen LogP contribution in [0.15, 0.2) is 22.6 Å². The number of aliphatic hydroxyl groups excluding tert-OH is 2. The fourth-order valence-corrected chi connectivity index (χ4v) is 1.77. The third-order valence-corrected chi connectivity index (χ3v) is 2.65. The van der Waals surface area contributed by atoms with Gasteiger partial charge < -0.3 is 14.6 Å². The number of aliphatic hydroxyl groups is 2. The van der Waals surface area contributed by atoms with Gasteiger partial charge in [0.05, 0.1) is 6.61 Å². The average molecular weight is 206 g/mol. The Balaban J connectivity index is 2.67. The summed E-state index contributed by atoms with van der Waals surface area (Å²) in [5, 5.41) is 19.2. The van der Waals surface area contributed by atoms with Crippen LogP contribution in [-0.2, 0) is 19.6 Å². The van der Waals surface area contributed by atoms with Crippen LogP contribution in [-0.4, -0.2) is 10.2 Å². The maximum absolute atomic E-state index is 9.23. The summed E-state index contributed by atoms with van der Waals surface area (Å²) < 4.78 is 5.43. The van der Waals surface area contributed by atoms with Crippen LogP contribution in [0.2, 0.25) is 0 Å². The number of rotatable bonds is 3. The first kappa shape index (κ1) is 10.2. The van der Waals surface area contributed by atoms with Crippen molar-refractivity contribution in [3.05, 3.63) is 35.1 Å². The highest BCUT2D eigenvalue weighted by Crippen LogP contribution is 2.27. The van der Waals surface area contributed by atoms with Crippen molar-refractivity contribution in [2.75, 3.05) is 0 Å². The number of benzene rings is 1. The van der Waals surface area contributed by atoms with Gasteiger partial charge in [0.25, 0.3) is 0 Å². The second-order valence-electron chi connectivity index (χ2n) is 3.50. The molecule has 0 radical (unpaired) electrons. The zero-order valence-corrected chi connectivity index (χ0v) is 8.66. The summed E-state index contributed by atoms with van der Waals surface area (Å²) in [7, 11) is 0. The van der Waals surface area contributed by atoms with E-state index in [0.717, 1.165) is 17.4 Å². The Morgan fingerprint density at radius 1 is 1.20 bits per heavy atom. The summed E-state index contributed by atoms with van der Waals surface area (Å²) in [4.78, 5) is 0. The van der Waals surface area contributed by atoms with Crippen molar-refractivity contribution in [3.63, 3.8) is 0 Å². The van der Waals surface area contributed by atoms with E-state index in [1.165, 1.54) is 5.56 Å². The smallest absolute Gasteiger partial charge is 0.136 e. The Morgan fingerprint density at radius 3 is 2.60 bits per heavy atom. The van der Waals surface area contributed by atoms with Gasteiger partial charge in [0.1, 0.15) is 18.0 Å². The minimum atomic E-state index is -0.175. The zero-order valence-electron chi connectivity index (χ0n) is 8.66. The highest BCUT2D eigenvalue weighted by molar-refractivity contribution is 5.82. The van der Waals surface area contributed by atoms with E-state index in [0.29, 0.717) is 11.3 Å². The summed E-state index contributed by atoms with van der Waals surface area (Å²) >= 11 is 0. The molecular formula is C12H14O3. The molecule has 3 nitrogen and oxygen atoms in total. The molecule has 0 atom stereocenters. The van der Waals surface area contributed by atoms with Crippen LogP contribution in [0.3, 0.4) is 0 Å². The van der Waals surface area contributed by atoms with Crippen LogP contribution in [0.4, 0.5) is 0 Å². The van der Waals surface area contributed by atoms with Gasteiger partial charge in [0.2, 0.25) is 0 Å². The van der Waals surface area contributed by atoms with E-state index in [2.05, 4.69) is 6.92 Å². The first-order chi connectivity index (χ1) is 7.30. The summed E-state index contributed by atoms with van der Waals surface area (Å²) in [6.45, 7) is 1.80. The monoisotopic (exact) mass is 206 g/mol. The number of hydrogen-bond acceptors (Lipinski definition) is 3. The Bertz CT molecular complexity index is 471. The molecule has 2 N–H and O–H groups in total. The van der Waals surface area contributed by atoms with Gasteiger partial charge in [0.15, 0.2) is 0 Å². The highest BCUT2D eigenvalue weighted by Gasteiger charge is 2.12. The molecule has 1 aromatic heterocycles. The Kier molecular flexibility index (Phi) is 2.75. The Labute approximate surface area is 88.0 Å². The summed E-state index contributed by atoms with van der Waals surface area (Å²) in [5.41, 5.74) is 2.62. The van der Waals surface area contributed by atoms with Crippen molar-refractivity contribution in [1.29, 1.82) is 0 Å². The SMILES string of the molecule is CCc1ccc2oc(CO)c(CO)c2c1. The number of hydrogen-bond donors (Lipinski definition) is 2. The van der Waals surface area contributed by atoms with Gasteiger partial charge in [-0.1, -0.05) is 13.0 Å². The molecule has 1 heterocycles. The van der Waals surface area contributed by atoms with E-state index in [1.807, 2.05) is 18.2 Å². The molecule has 0 amide bonds. The van der Waals surface area contributed by atoms with Crippen LogP contribution in [0.25, 0.3) is 11.0 Å². The lowest BCUT2D eigenvalue weighted by Crippen LogP contribution is -1.88. The first-order valence-electron chi connectivity index (χ1n) is 5.05. The van der Waals surface area contributed by atoms with E-state index < -0.39 is 0 Å². The van der Waals surface area contributed by atoms with Gasteiger partial charge in [-0.25, -0.2) is 0 Å². The highest BCUT2D eigenvalue weighted by atomic mass is 16.4. The molecule has 80 valence electrons. The number of aryl methyl sites for hydroxylation is 1. The van der Waals surface area contributed by atoms with Crippen molar-refractivity contribution in [3.8, 4) is 0 Å². The van der Waals surface area contributed by atoms with Crippen molar-refractivity contribution in [2.45, 2.75) is 26.6 Å². The first-order valence-corrected chi connectivity index (χ1v) is 5.05. The maximum Gasteiger partial charge on any atom is 0.136 e. The number of fused-ring (bicyclic) bond motifs is 1. The van der Waals surface area contributed by atoms with E-state index in [4.69, 9.17) is 9.52 Å². The quantitative estimate of drug-likeness (QED) is 0.807. The molecule has 3 heteroatoms. The summed E-state index contributed by atoms with van der Waals surface area (Å²) in [5.74, 6) is 0.459. The minimum Gasteiger partial charge on any atom is -0.458 e. The van der Waals surface area contributed by atoms with Crippen molar-refractivity contribution in [2.24, 2.45) is 0 Å². The molecule has 0 unspecified atom stereocenters. The molecule has 2 rings (SSSR count). The fraction of sp³-hybridized carbons (Fsp3) is 0.333. The normalized spacial score (nSPS) is 11.1. The molecule has 15 heavy (non-hydrogen) atoms. The average Bonchev–Trinajstić information content (AvgIpc) is 2.65. The van der Waals surface area contributed by atoms with Crippen molar-refractivity contribution >= 4 is 11.0 Å². The third kappa shape index (κ3) is 1.64. The van der Waals surface area contributed by atoms with Gasteiger partial charge in [0, 0.05) is 10.9 Å². The molecule has 0 aliphatic heterocycles. The van der Waals surface area contributed by atoms with E-state index in [9.17, 15) is 5.11 Å². The molecule has 0 saturated heterocycles. The van der Waals surface area contributed by atoms with Crippen LogP contribution < -0.4 is 0 Å². The van der Waals surface area contributed by atoms with Crippen LogP contribution in [0.5, 0.6) is 0 Å². The molecule has 0 spiro atoms. The van der Waals surface area contributed by atoms with Crippen LogP contribution >= 0.6 is 0 Å². The molecule has 0 bridgehead atoms. The largest absolute Gasteiger partial charge is 0.458 e. The van der Waals surface area contributed by atoms with Crippen LogP contribution in [0, 0.1) is 0 Å². The van der Waals surface area contributed by atoms with Gasteiger partial charge in [-0.15, -0.1) is 0 Å². The molecule has 0 fully saturated rings. The predicted molar refractivity (Wildman–Crippen MR) is 57.4 cm³/mol. The summed E-state index contributed by atoms with van der Waals surface area (Å²) in [6, 6.07) is 5.88. The number of furan rings is 1. The minimum absolute atomic E-state index is 0.101. The lowest BCUT2D eigenvalue weighted by Gasteiger charge is -1.97. The Hall–Kier alpha value is -1.32. The Morgan fingerprint density at radius 2 is 2.00 bits per heavy atom. The van der Waals surface area contributed by atoms with Gasteiger partial charge in [-0.05, 0) is 24.1 Å². The topological polar surface area (TPSA) is 53.6 Å². The third-order valence-electron chi connectivity index (χ3n) is 2.65. The molecule has 0 aliphatic rings. The lowest BCUT2D eigenvalue weighted by atomic mass is 10.1. The van der Waals surface area contributed by atoms with Crippen molar-refractivity contribution in [1.82, 2.24) is 0 Å². The van der Waals surface area contributed by atoms with E-state index in [1.54, 1.807) is 0 Å². The molecular weight excluding hydrogens is 192 g/mol. The maximum atomic E-state index is 9.23. The molecule has 0 aliphatic carbocycles. The second-order valence-corrected chi connectivity index (χ2v) is 3.50. The second kappa shape index (κ2) is 4.04. The predicted octanol–water partition coefficient (Wildman–Crippen LogP) is 1.98. The zero-order chi connectivity index (χ0) is 10.8. The van der Waals surface area contributed by atoms with Gasteiger partial charge in [-0.3, -0.25) is 0 Å². The van der Waals surface area contributed by atoms with Gasteiger partial charge >= 0.3 is 0 Å². The molecule has 0 saturated carbocycles. The fourth-order valence-electron chi connectivity index (χ4n) is 1.77. The van der Waals surface area contributed by atoms with E-state index in [-0.39, 0.29) is 13.2 Å².